The fraction of sp³-hybridized carbons (Fsp3) is 0.643. The molecule has 19 heavy (non-hydrogen) atoms. The van der Waals surface area contributed by atoms with Crippen LogP contribution >= 0.6 is 0 Å². The van der Waals surface area contributed by atoms with Crippen LogP contribution in [0.1, 0.15) is 39.8 Å². The summed E-state index contributed by atoms with van der Waals surface area (Å²) in [7, 11) is 0. The van der Waals surface area contributed by atoms with Crippen LogP contribution < -0.4 is 5.32 Å². The second-order valence-electron chi connectivity index (χ2n) is 6.13. The van der Waals surface area contributed by atoms with Gasteiger partial charge in [-0.3, -0.25) is 4.79 Å². The van der Waals surface area contributed by atoms with Gasteiger partial charge in [0.15, 0.2) is 0 Å². The van der Waals surface area contributed by atoms with Crippen molar-refractivity contribution in [3.05, 3.63) is 18.1 Å². The maximum atomic E-state index is 11.3. The minimum atomic E-state index is 0.0144. The van der Waals surface area contributed by atoms with Gasteiger partial charge in [0.1, 0.15) is 12.1 Å². The van der Waals surface area contributed by atoms with E-state index in [0.29, 0.717) is 0 Å². The Hall–Kier alpha value is -1.65. The summed E-state index contributed by atoms with van der Waals surface area (Å²) in [6, 6.07) is 2.28. The van der Waals surface area contributed by atoms with Crippen LogP contribution in [-0.2, 0) is 10.2 Å². The predicted octanol–water partition coefficient (Wildman–Crippen LogP) is 1.81. The highest BCUT2D eigenvalue weighted by Crippen LogP contribution is 2.22. The molecular formula is C14H22N4O. The zero-order valence-electron chi connectivity index (χ0n) is 12.1. The van der Waals surface area contributed by atoms with Crippen molar-refractivity contribution in [1.29, 1.82) is 0 Å². The molecule has 1 saturated heterocycles. The third-order valence-corrected chi connectivity index (χ3v) is 3.42. The van der Waals surface area contributed by atoms with Gasteiger partial charge in [-0.15, -0.1) is 0 Å². The molecule has 1 fully saturated rings. The van der Waals surface area contributed by atoms with E-state index in [0.717, 1.165) is 31.0 Å². The van der Waals surface area contributed by atoms with E-state index in [1.54, 1.807) is 13.3 Å². The first-order valence-electron chi connectivity index (χ1n) is 6.71. The maximum absolute atomic E-state index is 11.3. The lowest BCUT2D eigenvalue weighted by molar-refractivity contribution is -0.127. The zero-order chi connectivity index (χ0) is 14.0. The van der Waals surface area contributed by atoms with E-state index in [1.165, 1.54) is 0 Å². The number of rotatable bonds is 2. The first-order valence-corrected chi connectivity index (χ1v) is 6.71. The number of anilines is 1. The van der Waals surface area contributed by atoms with Crippen molar-refractivity contribution >= 4 is 11.7 Å². The fourth-order valence-electron chi connectivity index (χ4n) is 2.22. The summed E-state index contributed by atoms with van der Waals surface area (Å²) < 4.78 is 0. The minimum absolute atomic E-state index is 0.0144. The average Bonchev–Trinajstić information content (AvgIpc) is 2.77. The summed E-state index contributed by atoms with van der Waals surface area (Å²) in [5.74, 6) is 0.984. The predicted molar refractivity (Wildman–Crippen MR) is 75.0 cm³/mol. The SMILES string of the molecule is CC(=O)N1CC[C@@H](Nc2cc(C(C)(C)C)ncn2)C1. The number of carbonyl (C=O) groups excluding carboxylic acids is 1. The van der Waals surface area contributed by atoms with Gasteiger partial charge in [-0.2, -0.15) is 0 Å². The Morgan fingerprint density at radius 3 is 2.74 bits per heavy atom. The molecule has 0 saturated carbocycles. The number of likely N-dealkylation sites (tertiary alicyclic amines) is 1. The lowest BCUT2D eigenvalue weighted by Crippen LogP contribution is -2.29. The summed E-state index contributed by atoms with van der Waals surface area (Å²) in [6.45, 7) is 9.59. The molecule has 0 aliphatic carbocycles. The smallest absolute Gasteiger partial charge is 0.219 e. The minimum Gasteiger partial charge on any atom is -0.365 e. The van der Waals surface area contributed by atoms with Crippen LogP contribution in [0, 0.1) is 0 Å². The van der Waals surface area contributed by atoms with E-state index < -0.39 is 0 Å². The van der Waals surface area contributed by atoms with Gasteiger partial charge in [0.05, 0.1) is 5.69 Å². The van der Waals surface area contributed by atoms with E-state index in [2.05, 4.69) is 36.1 Å². The average molecular weight is 262 g/mol. The molecule has 1 aliphatic heterocycles. The number of carbonyl (C=O) groups is 1. The monoisotopic (exact) mass is 262 g/mol. The molecule has 5 heteroatoms. The number of amides is 1. The van der Waals surface area contributed by atoms with Crippen LogP contribution in [0.3, 0.4) is 0 Å². The highest BCUT2D eigenvalue weighted by molar-refractivity contribution is 5.73. The van der Waals surface area contributed by atoms with Gasteiger partial charge in [0.25, 0.3) is 0 Å². The Bertz CT molecular complexity index is 467. The Kier molecular flexibility index (Phi) is 3.73. The molecule has 0 aromatic carbocycles. The van der Waals surface area contributed by atoms with Gasteiger partial charge in [-0.25, -0.2) is 9.97 Å². The van der Waals surface area contributed by atoms with Crippen LogP contribution in [0.4, 0.5) is 5.82 Å². The van der Waals surface area contributed by atoms with Gasteiger partial charge >= 0.3 is 0 Å². The van der Waals surface area contributed by atoms with Crippen molar-refractivity contribution in [2.75, 3.05) is 18.4 Å². The van der Waals surface area contributed by atoms with Crippen molar-refractivity contribution in [3.63, 3.8) is 0 Å². The molecule has 1 atom stereocenters. The normalized spacial score (nSPS) is 19.6. The highest BCUT2D eigenvalue weighted by Gasteiger charge is 2.24. The molecular weight excluding hydrogens is 240 g/mol. The fourth-order valence-corrected chi connectivity index (χ4v) is 2.22. The summed E-state index contributed by atoms with van der Waals surface area (Å²) in [6.07, 6.45) is 2.56. The molecule has 0 bridgehead atoms. The van der Waals surface area contributed by atoms with Crippen LogP contribution in [0.2, 0.25) is 0 Å². The van der Waals surface area contributed by atoms with E-state index in [-0.39, 0.29) is 17.4 Å². The summed E-state index contributed by atoms with van der Waals surface area (Å²) in [4.78, 5) is 21.7. The molecule has 1 aliphatic rings. The standard InChI is InChI=1S/C14H22N4O/c1-10(19)18-6-5-11(8-18)17-13-7-12(14(2,3)4)15-9-16-13/h7,9,11H,5-6,8H2,1-4H3,(H,15,16,17)/t11-/m1/s1. The van der Waals surface area contributed by atoms with E-state index in [9.17, 15) is 4.79 Å². The molecule has 1 N–H and O–H groups in total. The van der Waals surface area contributed by atoms with Crippen molar-refractivity contribution in [2.45, 2.75) is 45.6 Å². The molecule has 1 amide bonds. The third kappa shape index (κ3) is 3.43. The summed E-state index contributed by atoms with van der Waals surface area (Å²) >= 11 is 0. The topological polar surface area (TPSA) is 58.1 Å². The van der Waals surface area contributed by atoms with Crippen molar-refractivity contribution in [1.82, 2.24) is 14.9 Å². The molecule has 0 radical (unpaired) electrons. The second-order valence-corrected chi connectivity index (χ2v) is 6.13. The van der Waals surface area contributed by atoms with Gasteiger partial charge in [-0.1, -0.05) is 20.8 Å². The number of nitrogens with one attached hydrogen (secondary N) is 1. The largest absolute Gasteiger partial charge is 0.365 e. The van der Waals surface area contributed by atoms with Crippen LogP contribution in [0.25, 0.3) is 0 Å². The first kappa shape index (κ1) is 13.8. The molecule has 1 aromatic heterocycles. The van der Waals surface area contributed by atoms with Crippen molar-refractivity contribution in [3.8, 4) is 0 Å². The molecule has 2 rings (SSSR count). The van der Waals surface area contributed by atoms with E-state index >= 15 is 0 Å². The lowest BCUT2D eigenvalue weighted by Gasteiger charge is -2.19. The highest BCUT2D eigenvalue weighted by atomic mass is 16.2. The molecule has 2 heterocycles. The first-order chi connectivity index (χ1) is 8.86. The lowest BCUT2D eigenvalue weighted by atomic mass is 9.92. The molecule has 5 nitrogen and oxygen atoms in total. The zero-order valence-corrected chi connectivity index (χ0v) is 12.1. The van der Waals surface area contributed by atoms with Crippen LogP contribution in [-0.4, -0.2) is 39.9 Å². The van der Waals surface area contributed by atoms with E-state index in [4.69, 9.17) is 0 Å². The van der Waals surface area contributed by atoms with Crippen molar-refractivity contribution < 1.29 is 4.79 Å². The quantitative estimate of drug-likeness (QED) is 0.883. The summed E-state index contributed by atoms with van der Waals surface area (Å²) in [5.41, 5.74) is 1.03. The van der Waals surface area contributed by atoms with E-state index in [1.807, 2.05) is 11.0 Å². The Balaban J connectivity index is 2.03. The second kappa shape index (κ2) is 5.15. The Morgan fingerprint density at radius 1 is 1.42 bits per heavy atom. The van der Waals surface area contributed by atoms with Gasteiger partial charge in [0.2, 0.25) is 5.91 Å². The number of nitrogens with zero attached hydrogens (tertiary/aromatic N) is 3. The van der Waals surface area contributed by atoms with Crippen LogP contribution in [0.5, 0.6) is 0 Å². The number of aromatic nitrogens is 2. The molecule has 104 valence electrons. The van der Waals surface area contributed by atoms with Crippen molar-refractivity contribution in [2.24, 2.45) is 0 Å². The van der Waals surface area contributed by atoms with Crippen LogP contribution in [0.15, 0.2) is 12.4 Å². The molecule has 0 spiro atoms. The van der Waals surface area contributed by atoms with Gasteiger partial charge < -0.3 is 10.2 Å². The third-order valence-electron chi connectivity index (χ3n) is 3.42. The number of hydrogen-bond acceptors (Lipinski definition) is 4. The molecule has 1 aromatic rings. The number of hydrogen-bond donors (Lipinski definition) is 1. The van der Waals surface area contributed by atoms with Gasteiger partial charge in [-0.05, 0) is 6.42 Å². The Morgan fingerprint density at radius 2 is 2.16 bits per heavy atom. The molecule has 0 unspecified atom stereocenters. The Labute approximate surface area is 114 Å². The maximum Gasteiger partial charge on any atom is 0.219 e. The van der Waals surface area contributed by atoms with Gasteiger partial charge in [0, 0.05) is 37.5 Å². The summed E-state index contributed by atoms with van der Waals surface area (Å²) in [5, 5.41) is 3.39.